The SMILES string of the molecule is CCN(CC(C)(C)O)c1ccc(S(=O)(=O)NC)c(N)c1. The number of benzene rings is 1. The lowest BCUT2D eigenvalue weighted by molar-refractivity contribution is 0.0876. The van der Waals surface area contributed by atoms with Crippen molar-refractivity contribution >= 4 is 21.4 Å². The second kappa shape index (κ2) is 5.99. The lowest BCUT2D eigenvalue weighted by Crippen LogP contribution is -2.38. The van der Waals surface area contributed by atoms with E-state index in [4.69, 9.17) is 5.73 Å². The maximum atomic E-state index is 11.8. The minimum absolute atomic E-state index is 0.0584. The molecule has 20 heavy (non-hydrogen) atoms. The molecular formula is C13H23N3O3S. The fraction of sp³-hybridized carbons (Fsp3) is 0.538. The topological polar surface area (TPSA) is 95.7 Å². The van der Waals surface area contributed by atoms with Crippen molar-refractivity contribution in [3.8, 4) is 0 Å². The number of nitrogens with two attached hydrogens (primary N) is 1. The van der Waals surface area contributed by atoms with Gasteiger partial charge in [0.1, 0.15) is 4.90 Å². The highest BCUT2D eigenvalue weighted by atomic mass is 32.2. The zero-order valence-corrected chi connectivity index (χ0v) is 13.2. The van der Waals surface area contributed by atoms with E-state index < -0.39 is 15.6 Å². The highest BCUT2D eigenvalue weighted by molar-refractivity contribution is 7.89. The van der Waals surface area contributed by atoms with E-state index in [1.165, 1.54) is 13.1 Å². The van der Waals surface area contributed by atoms with Crippen molar-refractivity contribution in [2.24, 2.45) is 0 Å². The summed E-state index contributed by atoms with van der Waals surface area (Å²) in [5.41, 5.74) is 5.95. The summed E-state index contributed by atoms with van der Waals surface area (Å²) in [5.74, 6) is 0. The maximum Gasteiger partial charge on any atom is 0.242 e. The number of hydrogen-bond acceptors (Lipinski definition) is 5. The van der Waals surface area contributed by atoms with E-state index in [2.05, 4.69) is 4.72 Å². The monoisotopic (exact) mass is 301 g/mol. The maximum absolute atomic E-state index is 11.8. The predicted octanol–water partition coefficient (Wildman–Crippen LogP) is 0.774. The summed E-state index contributed by atoms with van der Waals surface area (Å²) in [6.07, 6.45) is 0. The molecule has 0 fully saturated rings. The molecule has 0 aliphatic carbocycles. The van der Waals surface area contributed by atoms with Gasteiger partial charge in [-0.15, -0.1) is 0 Å². The van der Waals surface area contributed by atoms with E-state index in [-0.39, 0.29) is 10.6 Å². The minimum atomic E-state index is -3.56. The first-order chi connectivity index (χ1) is 9.10. The first kappa shape index (κ1) is 16.7. The molecule has 0 amide bonds. The first-order valence-electron chi connectivity index (χ1n) is 6.41. The van der Waals surface area contributed by atoms with Gasteiger partial charge in [-0.1, -0.05) is 0 Å². The van der Waals surface area contributed by atoms with Crippen molar-refractivity contribution in [2.45, 2.75) is 31.3 Å². The smallest absolute Gasteiger partial charge is 0.242 e. The molecule has 0 aliphatic heterocycles. The standard InChI is InChI=1S/C13H23N3O3S/c1-5-16(9-13(2,3)17)10-6-7-12(11(14)8-10)20(18,19)15-4/h6-8,15,17H,5,9,14H2,1-4H3. The van der Waals surface area contributed by atoms with E-state index in [1.54, 1.807) is 26.0 Å². The van der Waals surface area contributed by atoms with Crippen molar-refractivity contribution in [2.75, 3.05) is 30.8 Å². The van der Waals surface area contributed by atoms with Crippen LogP contribution in [0.5, 0.6) is 0 Å². The van der Waals surface area contributed by atoms with Crippen LogP contribution in [0.1, 0.15) is 20.8 Å². The Morgan fingerprint density at radius 3 is 2.40 bits per heavy atom. The number of nitrogens with one attached hydrogen (secondary N) is 1. The molecular weight excluding hydrogens is 278 g/mol. The number of aliphatic hydroxyl groups is 1. The Hall–Kier alpha value is -1.31. The van der Waals surface area contributed by atoms with Crippen LogP contribution >= 0.6 is 0 Å². The molecule has 4 N–H and O–H groups in total. The van der Waals surface area contributed by atoms with Crippen LogP contribution in [0.4, 0.5) is 11.4 Å². The van der Waals surface area contributed by atoms with Crippen LogP contribution < -0.4 is 15.4 Å². The summed E-state index contributed by atoms with van der Waals surface area (Å²) >= 11 is 0. The molecule has 7 heteroatoms. The fourth-order valence-electron chi connectivity index (χ4n) is 1.94. The summed E-state index contributed by atoms with van der Waals surface area (Å²) < 4.78 is 25.8. The van der Waals surface area contributed by atoms with Gasteiger partial charge in [-0.05, 0) is 46.0 Å². The average molecular weight is 301 g/mol. The Morgan fingerprint density at radius 1 is 1.40 bits per heavy atom. The van der Waals surface area contributed by atoms with E-state index in [0.29, 0.717) is 13.1 Å². The summed E-state index contributed by atoms with van der Waals surface area (Å²) in [6, 6.07) is 4.78. The highest BCUT2D eigenvalue weighted by Crippen LogP contribution is 2.25. The van der Waals surface area contributed by atoms with Gasteiger partial charge in [0.25, 0.3) is 0 Å². The number of nitrogens with zero attached hydrogens (tertiary/aromatic N) is 1. The van der Waals surface area contributed by atoms with Crippen LogP contribution in [0.15, 0.2) is 23.1 Å². The Balaban J connectivity index is 3.14. The summed E-state index contributed by atoms with van der Waals surface area (Å²) in [5, 5.41) is 9.89. The molecule has 0 saturated carbocycles. The Labute approximate surface area is 120 Å². The van der Waals surface area contributed by atoms with Gasteiger partial charge < -0.3 is 15.7 Å². The van der Waals surface area contributed by atoms with E-state index in [0.717, 1.165) is 5.69 Å². The Morgan fingerprint density at radius 2 is 2.00 bits per heavy atom. The molecule has 1 rings (SSSR count). The average Bonchev–Trinajstić information content (AvgIpc) is 2.34. The largest absolute Gasteiger partial charge is 0.398 e. The number of likely N-dealkylation sites (N-methyl/N-ethyl adjacent to an activating group) is 1. The zero-order valence-electron chi connectivity index (χ0n) is 12.3. The van der Waals surface area contributed by atoms with Gasteiger partial charge in [-0.2, -0.15) is 0 Å². The highest BCUT2D eigenvalue weighted by Gasteiger charge is 2.20. The second-order valence-corrected chi connectivity index (χ2v) is 7.11. The third-order valence-electron chi connectivity index (χ3n) is 2.88. The van der Waals surface area contributed by atoms with Crippen LogP contribution in [0, 0.1) is 0 Å². The molecule has 0 unspecified atom stereocenters. The molecule has 1 aromatic carbocycles. The van der Waals surface area contributed by atoms with Crippen molar-refractivity contribution < 1.29 is 13.5 Å². The van der Waals surface area contributed by atoms with Crippen molar-refractivity contribution in [3.63, 3.8) is 0 Å². The van der Waals surface area contributed by atoms with Gasteiger partial charge in [0.2, 0.25) is 10.0 Å². The lowest BCUT2D eigenvalue weighted by atomic mass is 10.1. The molecule has 0 bridgehead atoms. The molecule has 114 valence electrons. The summed E-state index contributed by atoms with van der Waals surface area (Å²) in [6.45, 7) is 6.51. The van der Waals surface area contributed by atoms with Gasteiger partial charge in [0.05, 0.1) is 11.3 Å². The molecule has 0 radical (unpaired) electrons. The molecule has 6 nitrogen and oxygen atoms in total. The number of anilines is 2. The van der Waals surface area contributed by atoms with Crippen molar-refractivity contribution in [1.29, 1.82) is 0 Å². The fourth-order valence-corrected chi connectivity index (χ4v) is 2.78. The third kappa shape index (κ3) is 4.09. The van der Waals surface area contributed by atoms with E-state index in [1.807, 2.05) is 11.8 Å². The van der Waals surface area contributed by atoms with E-state index in [9.17, 15) is 13.5 Å². The van der Waals surface area contributed by atoms with Crippen LogP contribution in [-0.4, -0.2) is 39.3 Å². The van der Waals surface area contributed by atoms with Gasteiger partial charge in [0.15, 0.2) is 0 Å². The Kier molecular flexibility index (Phi) is 5.01. The lowest BCUT2D eigenvalue weighted by Gasteiger charge is -2.30. The van der Waals surface area contributed by atoms with Crippen LogP contribution in [-0.2, 0) is 10.0 Å². The Bertz CT molecular complexity index is 565. The zero-order chi connectivity index (χ0) is 15.6. The van der Waals surface area contributed by atoms with Gasteiger partial charge in [-0.3, -0.25) is 0 Å². The molecule has 0 saturated heterocycles. The molecule has 0 aliphatic rings. The summed E-state index contributed by atoms with van der Waals surface area (Å²) in [4.78, 5) is 2.00. The van der Waals surface area contributed by atoms with Crippen LogP contribution in [0.25, 0.3) is 0 Å². The van der Waals surface area contributed by atoms with Crippen molar-refractivity contribution in [1.82, 2.24) is 4.72 Å². The predicted molar refractivity (Wildman–Crippen MR) is 81.3 cm³/mol. The van der Waals surface area contributed by atoms with Gasteiger partial charge >= 0.3 is 0 Å². The van der Waals surface area contributed by atoms with E-state index >= 15 is 0 Å². The van der Waals surface area contributed by atoms with Crippen LogP contribution in [0.2, 0.25) is 0 Å². The normalized spacial score (nSPS) is 12.4. The summed E-state index contributed by atoms with van der Waals surface area (Å²) in [7, 11) is -2.21. The molecule has 0 atom stereocenters. The van der Waals surface area contributed by atoms with Gasteiger partial charge in [-0.25, -0.2) is 13.1 Å². The molecule has 0 aromatic heterocycles. The molecule has 1 aromatic rings. The number of hydrogen-bond donors (Lipinski definition) is 3. The second-order valence-electron chi connectivity index (χ2n) is 5.26. The third-order valence-corrected chi connectivity index (χ3v) is 4.36. The minimum Gasteiger partial charge on any atom is -0.398 e. The van der Waals surface area contributed by atoms with Crippen LogP contribution in [0.3, 0.4) is 0 Å². The molecule has 0 spiro atoms. The van der Waals surface area contributed by atoms with Gasteiger partial charge in [0, 0.05) is 18.8 Å². The molecule has 0 heterocycles. The number of sulfonamides is 1. The quantitative estimate of drug-likeness (QED) is 0.675. The van der Waals surface area contributed by atoms with Crippen molar-refractivity contribution in [3.05, 3.63) is 18.2 Å². The first-order valence-corrected chi connectivity index (χ1v) is 7.89. The number of rotatable bonds is 6. The number of nitrogen functional groups attached to an aromatic ring is 1.